The molecule has 0 saturated carbocycles. The first-order chi connectivity index (χ1) is 8.12. The third kappa shape index (κ3) is 4.01. The summed E-state index contributed by atoms with van der Waals surface area (Å²) in [5.41, 5.74) is 0.252. The van der Waals surface area contributed by atoms with Crippen LogP contribution in [-0.4, -0.2) is 36.1 Å². The number of nitrogens with zero attached hydrogens (tertiary/aromatic N) is 1. The van der Waals surface area contributed by atoms with Crippen LogP contribution in [-0.2, 0) is 0 Å². The standard InChI is InChI=1S/C15H28N2/c1-5-7-8-11-14(16-6-2)15(3,4)17-12-9-10-13-17/h14,16H,6,8-13H2,1-4H3. The van der Waals surface area contributed by atoms with Crippen molar-refractivity contribution in [2.24, 2.45) is 0 Å². The molecule has 98 valence electrons. The molecule has 17 heavy (non-hydrogen) atoms. The second-order valence-electron chi connectivity index (χ2n) is 5.42. The predicted octanol–water partition coefficient (Wildman–Crippen LogP) is 2.64. The molecule has 0 aromatic rings. The lowest BCUT2D eigenvalue weighted by Crippen LogP contribution is -2.56. The van der Waals surface area contributed by atoms with Gasteiger partial charge in [0.25, 0.3) is 0 Å². The van der Waals surface area contributed by atoms with Gasteiger partial charge in [-0.2, -0.15) is 0 Å². The Morgan fingerprint density at radius 2 is 1.94 bits per heavy atom. The Bertz CT molecular complexity index is 266. The van der Waals surface area contributed by atoms with Gasteiger partial charge in [-0.15, -0.1) is 11.8 Å². The zero-order valence-corrected chi connectivity index (χ0v) is 12.0. The van der Waals surface area contributed by atoms with E-state index in [4.69, 9.17) is 0 Å². The van der Waals surface area contributed by atoms with E-state index in [1.807, 2.05) is 6.92 Å². The summed E-state index contributed by atoms with van der Waals surface area (Å²) < 4.78 is 0. The lowest BCUT2D eigenvalue weighted by molar-refractivity contribution is 0.104. The van der Waals surface area contributed by atoms with Crippen LogP contribution < -0.4 is 5.32 Å². The number of hydrogen-bond acceptors (Lipinski definition) is 2. The molecular formula is C15H28N2. The maximum absolute atomic E-state index is 3.65. The minimum absolute atomic E-state index is 0.252. The number of nitrogens with one attached hydrogen (secondary N) is 1. The predicted molar refractivity (Wildman–Crippen MR) is 75.0 cm³/mol. The van der Waals surface area contributed by atoms with E-state index in [-0.39, 0.29) is 5.54 Å². The van der Waals surface area contributed by atoms with Crippen LogP contribution in [0, 0.1) is 11.8 Å². The molecule has 1 rings (SSSR count). The van der Waals surface area contributed by atoms with E-state index in [0.29, 0.717) is 6.04 Å². The summed E-state index contributed by atoms with van der Waals surface area (Å²) in [6.45, 7) is 12.4. The van der Waals surface area contributed by atoms with Gasteiger partial charge in [0.1, 0.15) is 0 Å². The Hall–Kier alpha value is -0.520. The van der Waals surface area contributed by atoms with E-state index in [0.717, 1.165) is 19.4 Å². The molecule has 1 aliphatic rings. The number of hydrogen-bond donors (Lipinski definition) is 1. The monoisotopic (exact) mass is 236 g/mol. The second kappa shape index (κ2) is 7.03. The molecule has 1 atom stereocenters. The highest BCUT2D eigenvalue weighted by Crippen LogP contribution is 2.26. The van der Waals surface area contributed by atoms with Crippen LogP contribution in [0.5, 0.6) is 0 Å². The second-order valence-corrected chi connectivity index (χ2v) is 5.42. The molecule has 1 heterocycles. The van der Waals surface area contributed by atoms with Crippen molar-refractivity contribution in [2.45, 2.75) is 65.0 Å². The maximum atomic E-state index is 3.65. The molecule has 1 aliphatic heterocycles. The van der Waals surface area contributed by atoms with Gasteiger partial charge in [0.05, 0.1) is 0 Å². The van der Waals surface area contributed by atoms with Crippen LogP contribution in [0.15, 0.2) is 0 Å². The normalized spacial score (nSPS) is 18.8. The molecule has 1 N–H and O–H groups in total. The first kappa shape index (κ1) is 14.5. The van der Waals surface area contributed by atoms with Crippen LogP contribution in [0.25, 0.3) is 0 Å². The largest absolute Gasteiger partial charge is 0.312 e. The minimum atomic E-state index is 0.252. The van der Waals surface area contributed by atoms with E-state index in [2.05, 4.69) is 42.8 Å². The van der Waals surface area contributed by atoms with Crippen molar-refractivity contribution < 1.29 is 0 Å². The SMILES string of the molecule is CC#CCCC(NCC)C(C)(C)N1CCCC1. The van der Waals surface area contributed by atoms with E-state index < -0.39 is 0 Å². The van der Waals surface area contributed by atoms with Crippen LogP contribution in [0.2, 0.25) is 0 Å². The average Bonchev–Trinajstić information content (AvgIpc) is 2.82. The van der Waals surface area contributed by atoms with E-state index >= 15 is 0 Å². The minimum Gasteiger partial charge on any atom is -0.312 e. The Kier molecular flexibility index (Phi) is 6.02. The lowest BCUT2D eigenvalue weighted by Gasteiger charge is -2.42. The molecule has 2 nitrogen and oxygen atoms in total. The van der Waals surface area contributed by atoms with Crippen molar-refractivity contribution in [3.05, 3.63) is 0 Å². The summed E-state index contributed by atoms with van der Waals surface area (Å²) >= 11 is 0. The van der Waals surface area contributed by atoms with Crippen molar-refractivity contribution in [1.29, 1.82) is 0 Å². The molecule has 0 bridgehead atoms. The van der Waals surface area contributed by atoms with Gasteiger partial charge >= 0.3 is 0 Å². The summed E-state index contributed by atoms with van der Waals surface area (Å²) in [6.07, 6.45) is 4.87. The van der Waals surface area contributed by atoms with Gasteiger partial charge in [-0.1, -0.05) is 6.92 Å². The van der Waals surface area contributed by atoms with Gasteiger partial charge in [-0.3, -0.25) is 4.90 Å². The molecule has 1 unspecified atom stereocenters. The van der Waals surface area contributed by atoms with E-state index in [9.17, 15) is 0 Å². The zero-order valence-electron chi connectivity index (χ0n) is 12.0. The number of likely N-dealkylation sites (N-methyl/N-ethyl adjacent to an activating group) is 1. The molecule has 0 aromatic heterocycles. The third-order valence-electron chi connectivity index (χ3n) is 3.96. The fourth-order valence-corrected chi connectivity index (χ4v) is 2.81. The molecule has 0 aliphatic carbocycles. The molecule has 0 amide bonds. The van der Waals surface area contributed by atoms with Crippen LogP contribution in [0.1, 0.15) is 53.4 Å². The van der Waals surface area contributed by atoms with Crippen molar-refractivity contribution in [3.63, 3.8) is 0 Å². The van der Waals surface area contributed by atoms with Crippen molar-refractivity contribution in [2.75, 3.05) is 19.6 Å². The van der Waals surface area contributed by atoms with Crippen molar-refractivity contribution in [1.82, 2.24) is 10.2 Å². The molecule has 2 heteroatoms. The fourth-order valence-electron chi connectivity index (χ4n) is 2.81. The van der Waals surface area contributed by atoms with Crippen LogP contribution in [0.4, 0.5) is 0 Å². The summed E-state index contributed by atoms with van der Waals surface area (Å²) in [6, 6.07) is 0.548. The average molecular weight is 236 g/mol. The first-order valence-electron chi connectivity index (χ1n) is 7.01. The summed E-state index contributed by atoms with van der Waals surface area (Å²) in [7, 11) is 0. The van der Waals surface area contributed by atoms with Gasteiger partial charge in [-0.05, 0) is 59.7 Å². The highest BCUT2D eigenvalue weighted by molar-refractivity contribution is 5.00. The van der Waals surface area contributed by atoms with Gasteiger partial charge in [-0.25, -0.2) is 0 Å². The van der Waals surface area contributed by atoms with E-state index in [1.165, 1.54) is 25.9 Å². The van der Waals surface area contributed by atoms with Crippen molar-refractivity contribution >= 4 is 0 Å². The molecule has 0 aromatic carbocycles. The van der Waals surface area contributed by atoms with Crippen molar-refractivity contribution in [3.8, 4) is 11.8 Å². The Balaban J connectivity index is 2.60. The molecular weight excluding hydrogens is 208 g/mol. The number of rotatable bonds is 6. The van der Waals surface area contributed by atoms with Gasteiger partial charge in [0.2, 0.25) is 0 Å². The van der Waals surface area contributed by atoms with Gasteiger partial charge in [0, 0.05) is 18.0 Å². The first-order valence-corrected chi connectivity index (χ1v) is 7.01. The van der Waals surface area contributed by atoms with E-state index in [1.54, 1.807) is 0 Å². The highest BCUT2D eigenvalue weighted by atomic mass is 15.2. The van der Waals surface area contributed by atoms with Gasteiger partial charge < -0.3 is 5.32 Å². The van der Waals surface area contributed by atoms with Gasteiger partial charge in [0.15, 0.2) is 0 Å². The van der Waals surface area contributed by atoms with Crippen LogP contribution in [0.3, 0.4) is 0 Å². The summed E-state index contributed by atoms with van der Waals surface area (Å²) in [4.78, 5) is 2.64. The Labute approximate surface area is 107 Å². The Morgan fingerprint density at radius 1 is 1.29 bits per heavy atom. The molecule has 0 spiro atoms. The smallest absolute Gasteiger partial charge is 0.0306 e. The highest BCUT2D eigenvalue weighted by Gasteiger charge is 2.35. The third-order valence-corrected chi connectivity index (χ3v) is 3.96. The molecule has 1 fully saturated rings. The summed E-state index contributed by atoms with van der Waals surface area (Å²) in [5.74, 6) is 6.19. The lowest BCUT2D eigenvalue weighted by atomic mass is 9.89. The van der Waals surface area contributed by atoms with Crippen LogP contribution >= 0.6 is 0 Å². The quantitative estimate of drug-likeness (QED) is 0.713. The fraction of sp³-hybridized carbons (Fsp3) is 0.867. The number of likely N-dealkylation sites (tertiary alicyclic amines) is 1. The summed E-state index contributed by atoms with van der Waals surface area (Å²) in [5, 5.41) is 3.65. The topological polar surface area (TPSA) is 15.3 Å². The zero-order chi connectivity index (χ0) is 12.7. The molecule has 1 saturated heterocycles. The molecule has 0 radical (unpaired) electrons. The maximum Gasteiger partial charge on any atom is 0.0306 e. The Morgan fingerprint density at radius 3 is 2.47 bits per heavy atom.